The summed E-state index contributed by atoms with van der Waals surface area (Å²) in [5.74, 6) is 3.99. The smallest absolute Gasteiger partial charge is 0.509 e. The Labute approximate surface area is 677 Å². The van der Waals surface area contributed by atoms with Gasteiger partial charge in [0.2, 0.25) is 5.89 Å². The third-order valence-corrected chi connectivity index (χ3v) is 19.2. The first kappa shape index (κ1) is 80.0. The molecule has 0 fully saturated rings. The van der Waals surface area contributed by atoms with E-state index in [0.717, 1.165) is 55.7 Å². The first-order valence-corrected chi connectivity index (χ1v) is 35.1. The number of benzene rings is 12. The number of nitrogens with zero attached hydrogens (tertiary/aromatic N) is 8. The molecule has 0 N–H and O–H groups in total. The monoisotopic (exact) mass is 1760 g/mol. The third-order valence-electron chi connectivity index (χ3n) is 17.5. The van der Waals surface area contributed by atoms with E-state index in [9.17, 15) is 0 Å². The second kappa shape index (κ2) is 37.7. The number of thioether (sulfide) groups is 1. The van der Waals surface area contributed by atoms with Crippen LogP contribution in [0.2, 0.25) is 0 Å². The van der Waals surface area contributed by atoms with Crippen LogP contribution in [0.25, 0.3) is 111 Å². The van der Waals surface area contributed by atoms with Gasteiger partial charge < -0.3 is 9.42 Å². The quantitative estimate of drug-likeness (QED) is 0.0679. The summed E-state index contributed by atoms with van der Waals surface area (Å²) < 4.78 is 13.9. The molecule has 3 aromatic heterocycles. The van der Waals surface area contributed by atoms with Crippen LogP contribution in [0.5, 0.6) is 0 Å². The second-order valence-electron chi connectivity index (χ2n) is 24.9. The summed E-state index contributed by atoms with van der Waals surface area (Å²) in [5, 5.41) is 9.69. The Morgan fingerprint density at radius 2 is 0.810 bits per heavy atom. The number of para-hydroxylation sites is 2. The van der Waals surface area contributed by atoms with Crippen molar-refractivity contribution in [3.05, 3.63) is 360 Å². The Kier molecular flexibility index (Phi) is 28.7. The van der Waals surface area contributed by atoms with Crippen LogP contribution in [0, 0.1) is 85.5 Å². The van der Waals surface area contributed by atoms with Gasteiger partial charge in [-0.15, -0.1) is 104 Å². The molecule has 0 unspecified atom stereocenters. The minimum absolute atomic E-state index is 0. The average molecular weight is 1760 g/mol. The standard InChI is InChI=1S/C23H21N3.C23H19NS.C22H17N2O.C22H17N2S.4Rh/c1-17-14-20(19-10-6-4-7-11-19)15-18(2)23(17)22-16-26(24-25(22)3)21-12-8-5-9-13-21;1-17-13-20(19-9-5-3-6-10-19)14-18(2)23(17)22-15-24(16-25-22)21-11-7-4-8-12-21;2*1-15-13-19(17-9-5-3-6-10-17)14-16(2)20(15)22-23-21(24-25-22)18-11-7-4-8-12-18;;;;/h4-12,14-16H,1-3H3;3-11,13-16H,1-2H3;2*3-11,13-14H,1-2H3;;;;/q;-2;2*-1;;;;+2. The summed E-state index contributed by atoms with van der Waals surface area (Å²) in [6.07, 6.45) is 4.28. The van der Waals surface area contributed by atoms with E-state index in [4.69, 9.17) is 9.51 Å². The third kappa shape index (κ3) is 19.3. The molecule has 0 saturated heterocycles. The Balaban J connectivity index is 0.000000160. The minimum atomic E-state index is 0. The van der Waals surface area contributed by atoms with Crippen molar-refractivity contribution in [1.29, 1.82) is 0 Å². The van der Waals surface area contributed by atoms with Crippen molar-refractivity contribution in [3.8, 4) is 106 Å². The summed E-state index contributed by atoms with van der Waals surface area (Å²) in [7, 11) is 1.98. The molecule has 0 spiro atoms. The molecule has 16 rings (SSSR count). The number of hydrogen-bond donors (Lipinski definition) is 0. The predicted molar refractivity (Wildman–Crippen MR) is 416 cm³/mol. The van der Waals surface area contributed by atoms with Crippen molar-refractivity contribution in [3.63, 3.8) is 0 Å². The largest absolute Gasteiger partial charge is 2.00 e. The van der Waals surface area contributed by atoms with Crippen molar-refractivity contribution in [2.24, 2.45) is 7.05 Å². The maximum atomic E-state index is 5.53. The van der Waals surface area contributed by atoms with Crippen LogP contribution in [-0.4, -0.2) is 29.4 Å². The maximum Gasteiger partial charge on any atom is 2.00 e. The molecule has 4 radical (unpaired) electrons. The fourth-order valence-corrected chi connectivity index (χ4v) is 14.7. The van der Waals surface area contributed by atoms with Gasteiger partial charge in [-0.25, -0.2) is 9.36 Å². The maximum absolute atomic E-state index is 5.53. The SMILES string of the molecule is Cc1cc(-c2ccccc2)cc(C)c1-c1c[n+](-c2[c-]cccc2)nn1C.Cc1cc(-c2ccccc2)cc(C)c1-c1nc(-c2[c-]cccc2)no1.Cc1cc(-c2ccccc2)cc(C)c1-c1nc(-c2[c-]cccc2)ns1.Cc1cc(-c2ccccc2)cc(C)c1C1=CN(c2[c-]cccc2)[CH-]S1.[Rh+2].[Rh].[Rh].[Rh]. The molecule has 15 heteroatoms. The van der Waals surface area contributed by atoms with Crippen LogP contribution in [0.15, 0.2) is 284 Å². The van der Waals surface area contributed by atoms with Crippen molar-refractivity contribution >= 4 is 33.9 Å². The topological polar surface area (TPSA) is 89.6 Å². The average Bonchev–Trinajstić information content (AvgIpc) is 1.76. The van der Waals surface area contributed by atoms with Crippen LogP contribution in [0.4, 0.5) is 5.69 Å². The van der Waals surface area contributed by atoms with Crippen LogP contribution >= 0.6 is 23.3 Å². The normalized spacial score (nSPS) is 11.1. The summed E-state index contributed by atoms with van der Waals surface area (Å²) in [5.41, 5.74) is 29.3. The first-order chi connectivity index (χ1) is 49.3. The molecule has 0 saturated carbocycles. The summed E-state index contributed by atoms with van der Waals surface area (Å²) in [6, 6.07) is 104. The van der Waals surface area contributed by atoms with Crippen molar-refractivity contribution in [2.45, 2.75) is 55.4 Å². The van der Waals surface area contributed by atoms with E-state index >= 15 is 0 Å². The van der Waals surface area contributed by atoms with Crippen LogP contribution in [0.3, 0.4) is 0 Å². The van der Waals surface area contributed by atoms with Gasteiger partial charge in [0.1, 0.15) is 17.9 Å². The van der Waals surface area contributed by atoms with E-state index in [1.165, 1.54) is 111 Å². The van der Waals surface area contributed by atoms with Gasteiger partial charge in [0, 0.05) is 80.8 Å². The van der Waals surface area contributed by atoms with Crippen LogP contribution < -0.4 is 9.58 Å². The molecule has 12 aromatic carbocycles. The Hall–Kier alpha value is -9.14. The Morgan fingerprint density at radius 1 is 0.410 bits per heavy atom. The molecule has 530 valence electrons. The molecule has 1 aliphatic heterocycles. The van der Waals surface area contributed by atoms with Crippen molar-refractivity contribution in [2.75, 3.05) is 4.90 Å². The zero-order valence-corrected chi connectivity index (χ0v) is 67.5. The molecule has 0 amide bonds. The molecular weight excluding hydrogens is 1680 g/mol. The molecular formula is C90H74N8ORh4S2-2. The Morgan fingerprint density at radius 3 is 1.24 bits per heavy atom. The number of aryl methyl sites for hydroxylation is 9. The van der Waals surface area contributed by atoms with E-state index in [0.29, 0.717) is 11.7 Å². The number of hydrogen-bond acceptors (Lipinski definition) is 9. The van der Waals surface area contributed by atoms with Gasteiger partial charge in [-0.1, -0.05) is 170 Å². The van der Waals surface area contributed by atoms with Gasteiger partial charge in [0.05, 0.1) is 11.0 Å². The van der Waals surface area contributed by atoms with E-state index in [-0.39, 0.29) is 77.9 Å². The van der Waals surface area contributed by atoms with Crippen LogP contribution in [-0.2, 0) is 85.0 Å². The second-order valence-corrected chi connectivity index (χ2v) is 26.5. The Bertz CT molecular complexity index is 5080. The summed E-state index contributed by atoms with van der Waals surface area (Å²) >= 11 is 3.22. The molecule has 0 bridgehead atoms. The number of rotatable bonds is 12. The van der Waals surface area contributed by atoms with E-state index in [1.807, 2.05) is 126 Å². The van der Waals surface area contributed by atoms with Gasteiger partial charge in [-0.2, -0.15) is 54.4 Å². The van der Waals surface area contributed by atoms with Gasteiger partial charge >= 0.3 is 19.5 Å². The summed E-state index contributed by atoms with van der Waals surface area (Å²) in [4.78, 5) is 12.7. The van der Waals surface area contributed by atoms with E-state index in [2.05, 4.69) is 280 Å². The van der Waals surface area contributed by atoms with E-state index in [1.54, 1.807) is 11.8 Å². The van der Waals surface area contributed by atoms with Crippen molar-refractivity contribution in [1.82, 2.24) is 29.4 Å². The molecule has 15 aromatic rings. The molecule has 4 heterocycles. The molecule has 1 aliphatic rings. The van der Waals surface area contributed by atoms with Gasteiger partial charge in [-0.3, -0.25) is 16.7 Å². The molecule has 0 atom stereocenters. The molecule has 9 nitrogen and oxygen atoms in total. The van der Waals surface area contributed by atoms with Crippen molar-refractivity contribution < 1.29 is 87.1 Å². The summed E-state index contributed by atoms with van der Waals surface area (Å²) in [6.45, 7) is 17.2. The zero-order chi connectivity index (χ0) is 69.8. The molecule has 105 heavy (non-hydrogen) atoms. The van der Waals surface area contributed by atoms with E-state index < -0.39 is 0 Å². The van der Waals surface area contributed by atoms with Gasteiger partial charge in [-0.05, 0) is 173 Å². The van der Waals surface area contributed by atoms with Crippen LogP contribution in [0.1, 0.15) is 50.1 Å². The first-order valence-electron chi connectivity index (χ1n) is 33.5. The van der Waals surface area contributed by atoms with Gasteiger partial charge in [0.15, 0.2) is 11.9 Å². The minimum Gasteiger partial charge on any atom is -0.509 e. The fourth-order valence-electron chi connectivity index (χ4n) is 12.8. The van der Waals surface area contributed by atoms with Gasteiger partial charge in [0.25, 0.3) is 0 Å². The fraction of sp³-hybridized carbons (Fsp3) is 0.100. The number of aromatic nitrogens is 7. The molecule has 0 aliphatic carbocycles. The number of anilines is 1. The predicted octanol–water partition coefficient (Wildman–Crippen LogP) is 22.3. The zero-order valence-electron chi connectivity index (χ0n) is 59.3.